The van der Waals surface area contributed by atoms with Gasteiger partial charge in [0.05, 0.1) is 17.6 Å². The van der Waals surface area contributed by atoms with E-state index in [1.807, 2.05) is 36.5 Å². The van der Waals surface area contributed by atoms with E-state index in [2.05, 4.69) is 15.7 Å². The van der Waals surface area contributed by atoms with E-state index < -0.39 is 5.82 Å². The maximum Gasteiger partial charge on any atom is 0.224 e. The van der Waals surface area contributed by atoms with Gasteiger partial charge in [0.1, 0.15) is 5.82 Å². The van der Waals surface area contributed by atoms with Gasteiger partial charge in [0.2, 0.25) is 11.8 Å². The quantitative estimate of drug-likeness (QED) is 0.701. The molecule has 6 nitrogen and oxygen atoms in total. The summed E-state index contributed by atoms with van der Waals surface area (Å²) < 4.78 is 15.6. The summed E-state index contributed by atoms with van der Waals surface area (Å²) in [5.74, 6) is -1.15. The molecule has 2 N–H and O–H groups in total. The molecule has 0 saturated carbocycles. The fourth-order valence-corrected chi connectivity index (χ4v) is 2.58. The van der Waals surface area contributed by atoms with Crippen molar-refractivity contribution in [2.24, 2.45) is 0 Å². The molecule has 1 heterocycles. The highest BCUT2D eigenvalue weighted by molar-refractivity contribution is 5.93. The fourth-order valence-electron chi connectivity index (χ4n) is 2.58. The van der Waals surface area contributed by atoms with Crippen molar-refractivity contribution in [3.63, 3.8) is 0 Å². The highest BCUT2D eigenvalue weighted by atomic mass is 19.1. The van der Waals surface area contributed by atoms with Crippen molar-refractivity contribution >= 4 is 23.2 Å². The van der Waals surface area contributed by atoms with Crippen LogP contribution in [0.1, 0.15) is 18.9 Å². The van der Waals surface area contributed by atoms with E-state index in [0.29, 0.717) is 12.1 Å². The van der Waals surface area contributed by atoms with Crippen molar-refractivity contribution in [3.8, 4) is 5.69 Å². The summed E-state index contributed by atoms with van der Waals surface area (Å²) in [6.07, 6.45) is 4.23. The van der Waals surface area contributed by atoms with Crippen LogP contribution in [0.2, 0.25) is 0 Å². The number of benzene rings is 2. The van der Waals surface area contributed by atoms with Gasteiger partial charge in [-0.25, -0.2) is 9.07 Å². The minimum Gasteiger partial charge on any atom is -0.326 e. The third-order valence-corrected chi connectivity index (χ3v) is 3.86. The maximum absolute atomic E-state index is 13.9. The molecule has 0 bridgehead atoms. The Kier molecular flexibility index (Phi) is 5.61. The van der Waals surface area contributed by atoms with Gasteiger partial charge in [-0.3, -0.25) is 9.59 Å². The van der Waals surface area contributed by atoms with Crippen molar-refractivity contribution in [1.82, 2.24) is 9.78 Å². The first kappa shape index (κ1) is 18.3. The third-order valence-electron chi connectivity index (χ3n) is 3.86. The molecule has 2 amide bonds. The Morgan fingerprint density at radius 1 is 1.11 bits per heavy atom. The molecule has 1 aromatic heterocycles. The van der Waals surface area contributed by atoms with E-state index in [1.54, 1.807) is 10.9 Å². The van der Waals surface area contributed by atoms with Crippen LogP contribution in [0.3, 0.4) is 0 Å². The van der Waals surface area contributed by atoms with E-state index in [1.165, 1.54) is 25.1 Å². The Bertz CT molecular complexity index is 954. The van der Waals surface area contributed by atoms with Crippen LogP contribution in [0.4, 0.5) is 15.8 Å². The summed E-state index contributed by atoms with van der Waals surface area (Å²) in [7, 11) is 0. The number of aryl methyl sites for hydroxylation is 1. The standard InChI is InChI=1S/C20H19FN4O2/c1-14(26)23-16-8-9-18(21)19(11-16)24-20(27)10-7-15-12-22-25(13-15)17-5-3-2-4-6-17/h2-6,8-9,11-13H,7,10H2,1H3,(H,23,26)(H,24,27). The van der Waals surface area contributed by atoms with Crippen LogP contribution in [0, 0.1) is 5.82 Å². The van der Waals surface area contributed by atoms with Gasteiger partial charge in [0, 0.05) is 25.2 Å². The van der Waals surface area contributed by atoms with Crippen LogP contribution in [-0.4, -0.2) is 21.6 Å². The molecule has 138 valence electrons. The number of carbonyl (C=O) groups is 2. The highest BCUT2D eigenvalue weighted by Gasteiger charge is 2.10. The number of nitrogens with one attached hydrogen (secondary N) is 2. The van der Waals surface area contributed by atoms with E-state index in [-0.39, 0.29) is 23.9 Å². The second-order valence-electron chi connectivity index (χ2n) is 6.05. The Labute approximate surface area is 156 Å². The third kappa shape index (κ3) is 5.01. The molecule has 0 atom stereocenters. The van der Waals surface area contributed by atoms with E-state index in [0.717, 1.165) is 11.3 Å². The monoisotopic (exact) mass is 366 g/mol. The summed E-state index contributed by atoms with van der Waals surface area (Å²) in [5, 5.41) is 9.38. The maximum atomic E-state index is 13.9. The number of hydrogen-bond donors (Lipinski definition) is 2. The Hall–Kier alpha value is -3.48. The van der Waals surface area contributed by atoms with E-state index in [9.17, 15) is 14.0 Å². The molecule has 0 spiro atoms. The molecule has 27 heavy (non-hydrogen) atoms. The number of amides is 2. The van der Waals surface area contributed by atoms with Crippen LogP contribution < -0.4 is 10.6 Å². The molecule has 2 aromatic carbocycles. The summed E-state index contributed by atoms with van der Waals surface area (Å²) in [5.41, 5.74) is 2.29. The predicted octanol–water partition coefficient (Wildman–Crippen LogP) is 3.54. The number of anilines is 2. The van der Waals surface area contributed by atoms with E-state index >= 15 is 0 Å². The van der Waals surface area contributed by atoms with Gasteiger partial charge in [-0.2, -0.15) is 5.10 Å². The largest absolute Gasteiger partial charge is 0.326 e. The van der Waals surface area contributed by atoms with Gasteiger partial charge in [0.15, 0.2) is 0 Å². The van der Waals surface area contributed by atoms with Gasteiger partial charge in [-0.15, -0.1) is 0 Å². The van der Waals surface area contributed by atoms with Crippen LogP contribution >= 0.6 is 0 Å². The van der Waals surface area contributed by atoms with Crippen LogP contribution in [0.15, 0.2) is 60.9 Å². The van der Waals surface area contributed by atoms with Crippen molar-refractivity contribution in [2.75, 3.05) is 10.6 Å². The predicted molar refractivity (Wildman–Crippen MR) is 101 cm³/mol. The zero-order valence-electron chi connectivity index (χ0n) is 14.8. The molecule has 7 heteroatoms. The second kappa shape index (κ2) is 8.27. The van der Waals surface area contributed by atoms with Gasteiger partial charge in [-0.05, 0) is 42.3 Å². The number of nitrogens with zero attached hydrogens (tertiary/aromatic N) is 2. The molecule has 3 rings (SSSR count). The molecule has 0 aliphatic heterocycles. The number of rotatable bonds is 6. The molecule has 0 radical (unpaired) electrons. The summed E-state index contributed by atoms with van der Waals surface area (Å²) >= 11 is 0. The lowest BCUT2D eigenvalue weighted by Crippen LogP contribution is -2.14. The number of para-hydroxylation sites is 1. The minimum atomic E-state index is -0.561. The molecule has 0 saturated heterocycles. The van der Waals surface area contributed by atoms with Crippen molar-refractivity contribution in [1.29, 1.82) is 0 Å². The van der Waals surface area contributed by atoms with Gasteiger partial charge in [-0.1, -0.05) is 18.2 Å². The molecule has 0 aliphatic carbocycles. The topological polar surface area (TPSA) is 76.0 Å². The lowest BCUT2D eigenvalue weighted by molar-refractivity contribution is -0.116. The Morgan fingerprint density at radius 2 is 1.89 bits per heavy atom. The smallest absolute Gasteiger partial charge is 0.224 e. The summed E-state index contributed by atoms with van der Waals surface area (Å²) in [4.78, 5) is 23.3. The zero-order chi connectivity index (χ0) is 19.2. The number of halogens is 1. The highest BCUT2D eigenvalue weighted by Crippen LogP contribution is 2.20. The Morgan fingerprint density at radius 3 is 2.63 bits per heavy atom. The molecule has 3 aromatic rings. The first-order valence-corrected chi connectivity index (χ1v) is 8.47. The fraction of sp³-hybridized carbons (Fsp3) is 0.150. The minimum absolute atomic E-state index is 0.0335. The lowest BCUT2D eigenvalue weighted by atomic mass is 10.2. The second-order valence-corrected chi connectivity index (χ2v) is 6.05. The lowest BCUT2D eigenvalue weighted by Gasteiger charge is -2.09. The Balaban J connectivity index is 1.59. The average Bonchev–Trinajstić information content (AvgIpc) is 3.12. The van der Waals surface area contributed by atoms with Gasteiger partial charge >= 0.3 is 0 Å². The number of carbonyl (C=O) groups excluding carboxylic acids is 2. The summed E-state index contributed by atoms with van der Waals surface area (Å²) in [6.45, 7) is 1.36. The first-order valence-electron chi connectivity index (χ1n) is 8.47. The van der Waals surface area contributed by atoms with Gasteiger partial charge < -0.3 is 10.6 Å². The SMILES string of the molecule is CC(=O)Nc1ccc(F)c(NC(=O)CCc2cnn(-c3ccccc3)c2)c1. The number of hydrogen-bond acceptors (Lipinski definition) is 3. The molecule has 0 fully saturated rings. The molecular weight excluding hydrogens is 347 g/mol. The first-order chi connectivity index (χ1) is 13.0. The molecular formula is C20H19FN4O2. The van der Waals surface area contributed by atoms with Crippen molar-refractivity contribution in [2.45, 2.75) is 19.8 Å². The van der Waals surface area contributed by atoms with Gasteiger partial charge in [0.25, 0.3) is 0 Å². The summed E-state index contributed by atoms with van der Waals surface area (Å²) in [6, 6.07) is 13.7. The van der Waals surface area contributed by atoms with Crippen molar-refractivity contribution in [3.05, 3.63) is 72.3 Å². The molecule has 0 unspecified atom stereocenters. The normalized spacial score (nSPS) is 10.4. The number of aromatic nitrogens is 2. The van der Waals surface area contributed by atoms with E-state index in [4.69, 9.17) is 0 Å². The van der Waals surface area contributed by atoms with Crippen LogP contribution in [0.25, 0.3) is 5.69 Å². The average molecular weight is 366 g/mol. The van der Waals surface area contributed by atoms with Crippen molar-refractivity contribution < 1.29 is 14.0 Å². The van der Waals surface area contributed by atoms with Crippen LogP contribution in [0.5, 0.6) is 0 Å². The molecule has 0 aliphatic rings. The zero-order valence-corrected chi connectivity index (χ0v) is 14.8. The van der Waals surface area contributed by atoms with Crippen LogP contribution in [-0.2, 0) is 16.0 Å².